The highest BCUT2D eigenvalue weighted by Gasteiger charge is 2.38. The topological polar surface area (TPSA) is 119 Å². The first kappa shape index (κ1) is 63.5. The van der Waals surface area contributed by atoms with Crippen LogP contribution in [0.25, 0.3) is 0 Å². The molecule has 4 atom stereocenters. The molecule has 0 fully saturated rings. The summed E-state index contributed by atoms with van der Waals surface area (Å²) in [4.78, 5) is 39.2. The summed E-state index contributed by atoms with van der Waals surface area (Å²) in [5.74, 6) is 0.427. The fourth-order valence-corrected chi connectivity index (χ4v) is 10.7. The molecule has 0 aromatic heterocycles. The second kappa shape index (κ2) is 33.3. The Morgan fingerprint density at radius 1 is 0.342 bits per heavy atom. The molecule has 424 valence electrons. The molecule has 8 heteroatoms. The lowest BCUT2D eigenvalue weighted by molar-refractivity contribution is -0.147. The first-order valence-electron chi connectivity index (χ1n) is 29.3. The van der Waals surface area contributed by atoms with Crippen LogP contribution < -0.4 is 9.47 Å². The van der Waals surface area contributed by atoms with E-state index in [2.05, 4.69) is 44.2 Å². The van der Waals surface area contributed by atoms with Crippen molar-refractivity contribution < 1.29 is 38.8 Å². The largest absolute Gasteiger partial charge is 0.468 e. The lowest BCUT2D eigenvalue weighted by atomic mass is 9.78. The Bertz CT molecular complexity index is 2500. The van der Waals surface area contributed by atoms with Gasteiger partial charge in [0, 0.05) is 0 Å². The Hall–Kier alpha value is -6.35. The van der Waals surface area contributed by atoms with Gasteiger partial charge in [-0.15, -0.1) is 0 Å². The van der Waals surface area contributed by atoms with Gasteiger partial charge >= 0.3 is 17.9 Å². The van der Waals surface area contributed by atoms with Gasteiger partial charge in [-0.05, 0) is 124 Å². The predicted molar refractivity (Wildman–Crippen MR) is 321 cm³/mol. The van der Waals surface area contributed by atoms with E-state index in [0.717, 1.165) is 113 Å². The molecule has 0 amide bonds. The molecule has 0 aliphatic rings. The molecule has 6 aromatic rings. The summed E-state index contributed by atoms with van der Waals surface area (Å²) in [6.07, 6.45) is 17.7. The van der Waals surface area contributed by atoms with Gasteiger partial charge in [0.25, 0.3) is 0 Å². The number of aliphatic hydroxyl groups excluding tert-OH is 2. The number of hydrogen-bond donors (Lipinski definition) is 2. The molecular weight excluding hydrogens is 981 g/mol. The molecule has 6 aromatic carbocycles. The lowest BCUT2D eigenvalue weighted by Crippen LogP contribution is -2.36. The molecule has 0 bridgehead atoms. The number of methoxy groups -OCH3 is 1. The Kier molecular flexibility index (Phi) is 26.7. The first-order valence-corrected chi connectivity index (χ1v) is 29.3. The summed E-state index contributed by atoms with van der Waals surface area (Å²) in [5.41, 5.74) is 2.41. The van der Waals surface area contributed by atoms with Crippen molar-refractivity contribution in [2.24, 2.45) is 0 Å². The molecule has 0 saturated heterocycles. The van der Waals surface area contributed by atoms with E-state index in [1.54, 1.807) is 24.3 Å². The van der Waals surface area contributed by atoms with Gasteiger partial charge in [-0.3, -0.25) is 14.4 Å². The maximum absolute atomic E-state index is 13.4. The molecule has 0 radical (unpaired) electrons. The summed E-state index contributed by atoms with van der Waals surface area (Å²) in [7, 11) is 1.46. The number of esters is 3. The second-order valence-electron chi connectivity index (χ2n) is 22.9. The molecule has 4 unspecified atom stereocenters. The summed E-state index contributed by atoms with van der Waals surface area (Å²) >= 11 is 0. The summed E-state index contributed by atoms with van der Waals surface area (Å²) in [5, 5.41) is 21.1. The molecule has 0 spiro atoms. The molecule has 6 rings (SSSR count). The first-order chi connectivity index (χ1) is 38.1. The van der Waals surface area contributed by atoms with Crippen molar-refractivity contribution >= 4 is 17.9 Å². The van der Waals surface area contributed by atoms with Crippen LogP contribution in [0.4, 0.5) is 0 Å². The molecule has 79 heavy (non-hydrogen) atoms. The highest BCUT2D eigenvalue weighted by atomic mass is 16.5. The van der Waals surface area contributed by atoms with Crippen LogP contribution in [-0.2, 0) is 40.8 Å². The van der Waals surface area contributed by atoms with E-state index in [1.807, 2.05) is 148 Å². The zero-order valence-electron chi connectivity index (χ0n) is 48.5. The predicted octanol–water partition coefficient (Wildman–Crippen LogP) is 16.7. The highest BCUT2D eigenvalue weighted by molar-refractivity contribution is 5.85. The lowest BCUT2D eigenvalue weighted by Gasteiger charge is -2.28. The van der Waals surface area contributed by atoms with E-state index in [-0.39, 0.29) is 35.5 Å². The normalized spacial score (nSPS) is 14.4. The molecular formula is C71H92O8. The number of carbonyl (C=O) groups is 3. The fourth-order valence-electron chi connectivity index (χ4n) is 10.7. The maximum Gasteiger partial charge on any atom is 0.321 e. The van der Waals surface area contributed by atoms with Crippen LogP contribution in [0.3, 0.4) is 0 Å². The summed E-state index contributed by atoms with van der Waals surface area (Å²) in [6.45, 7) is 10.5. The van der Waals surface area contributed by atoms with E-state index < -0.39 is 16.2 Å². The van der Waals surface area contributed by atoms with Gasteiger partial charge in [-0.1, -0.05) is 249 Å². The maximum atomic E-state index is 13.4. The SMILES string of the molecule is CC(CCCCCC(O)CCCCCC(C)(C(=O)Oc1ccccc1)c1ccccc1)(C(=O)Oc1ccccc1)c1ccccc1.COC(=O)C(C)(CCCCCC(O)CCCCCC(C)(C)c1ccccc1)c1ccccc1. The third kappa shape index (κ3) is 20.7. The van der Waals surface area contributed by atoms with Crippen molar-refractivity contribution in [3.63, 3.8) is 0 Å². The van der Waals surface area contributed by atoms with Crippen molar-refractivity contribution in [1.29, 1.82) is 0 Å². The smallest absolute Gasteiger partial charge is 0.321 e. The van der Waals surface area contributed by atoms with Crippen LogP contribution >= 0.6 is 0 Å². The zero-order chi connectivity index (χ0) is 56.8. The summed E-state index contributed by atoms with van der Waals surface area (Å²) in [6, 6.07) is 58.8. The van der Waals surface area contributed by atoms with Gasteiger partial charge < -0.3 is 24.4 Å². The minimum Gasteiger partial charge on any atom is -0.468 e. The number of benzene rings is 6. The quantitative estimate of drug-likeness (QED) is 0.0238. The van der Waals surface area contributed by atoms with E-state index in [0.29, 0.717) is 24.3 Å². The molecule has 0 saturated carbocycles. The minimum atomic E-state index is -0.752. The van der Waals surface area contributed by atoms with E-state index in [4.69, 9.17) is 14.2 Å². The van der Waals surface area contributed by atoms with Crippen molar-refractivity contribution in [2.75, 3.05) is 7.11 Å². The third-order valence-corrected chi connectivity index (χ3v) is 16.2. The van der Waals surface area contributed by atoms with Gasteiger partial charge in [0.05, 0.1) is 35.6 Å². The monoisotopic (exact) mass is 1070 g/mol. The van der Waals surface area contributed by atoms with E-state index in [1.165, 1.54) is 31.9 Å². The molecule has 0 heterocycles. The van der Waals surface area contributed by atoms with Crippen molar-refractivity contribution in [2.45, 2.75) is 197 Å². The molecule has 2 N–H and O–H groups in total. The number of rotatable bonds is 33. The van der Waals surface area contributed by atoms with Crippen LogP contribution in [0.5, 0.6) is 11.5 Å². The Morgan fingerprint density at radius 2 is 0.595 bits per heavy atom. The zero-order valence-corrected chi connectivity index (χ0v) is 48.5. The van der Waals surface area contributed by atoms with Gasteiger partial charge in [0.1, 0.15) is 11.5 Å². The Labute approximate surface area is 474 Å². The number of para-hydroxylation sites is 2. The van der Waals surface area contributed by atoms with Gasteiger partial charge in [-0.25, -0.2) is 0 Å². The second-order valence-corrected chi connectivity index (χ2v) is 22.9. The molecule has 8 nitrogen and oxygen atoms in total. The van der Waals surface area contributed by atoms with E-state index in [9.17, 15) is 24.6 Å². The van der Waals surface area contributed by atoms with E-state index >= 15 is 0 Å². The third-order valence-electron chi connectivity index (χ3n) is 16.2. The Morgan fingerprint density at radius 3 is 0.886 bits per heavy atom. The van der Waals surface area contributed by atoms with Gasteiger partial charge in [0.15, 0.2) is 0 Å². The van der Waals surface area contributed by atoms with Crippen LogP contribution in [0.15, 0.2) is 182 Å². The molecule has 0 aliphatic carbocycles. The van der Waals surface area contributed by atoms with Gasteiger partial charge in [0.2, 0.25) is 0 Å². The summed E-state index contributed by atoms with van der Waals surface area (Å²) < 4.78 is 16.6. The highest BCUT2D eigenvalue weighted by Crippen LogP contribution is 2.36. The number of ether oxygens (including phenoxy) is 3. The van der Waals surface area contributed by atoms with Crippen LogP contribution in [-0.4, -0.2) is 47.4 Å². The Balaban J connectivity index is 0.000000308. The van der Waals surface area contributed by atoms with Crippen LogP contribution in [0.1, 0.15) is 185 Å². The van der Waals surface area contributed by atoms with Crippen LogP contribution in [0, 0.1) is 0 Å². The number of carbonyl (C=O) groups excluding carboxylic acids is 3. The van der Waals surface area contributed by atoms with Crippen molar-refractivity contribution in [3.05, 3.63) is 204 Å². The van der Waals surface area contributed by atoms with Crippen LogP contribution in [0.2, 0.25) is 0 Å². The number of unbranched alkanes of at least 4 members (excludes halogenated alkanes) is 8. The fraction of sp³-hybridized carbons (Fsp3) is 0.451. The number of aliphatic hydroxyl groups is 2. The average molecular weight is 1070 g/mol. The minimum absolute atomic E-state index is 0.177. The number of hydrogen-bond acceptors (Lipinski definition) is 8. The average Bonchev–Trinajstić information content (AvgIpc) is 3.48. The van der Waals surface area contributed by atoms with Crippen molar-refractivity contribution in [3.8, 4) is 11.5 Å². The van der Waals surface area contributed by atoms with Gasteiger partial charge in [-0.2, -0.15) is 0 Å². The van der Waals surface area contributed by atoms with Crippen molar-refractivity contribution in [1.82, 2.24) is 0 Å². The standard InChI is InChI=1S/C41H48O5.C30H44O3/c1-40(33-21-9-3-10-22-33,38(43)45-36-27-15-5-16-28-36)31-19-7-13-25-35(42)26-14-8-20-32-41(2,34-23-11-4-12-24-34)39(44)46-37-29-17-6-18-30-37;1-29(2,25-17-9-5-10-18-25)23-15-7-13-21-27(31)22-14-8-16-24-30(3,28(32)33-4)26-19-11-6-12-20-26/h3-6,9-12,15-18,21-24,27-30,35,42H,7-8,13-14,19-20,25-26,31-32H2,1-2H3;5-6,9-12,17-20,27,31H,7-8,13-16,21-24H2,1-4H3. The molecule has 0 aliphatic heterocycles.